The number of aliphatic hydroxyl groups excluding tert-OH is 1. The first kappa shape index (κ1) is 21.5. The fourth-order valence-electron chi connectivity index (χ4n) is 3.31. The smallest absolute Gasteiger partial charge is 0.289 e. The van der Waals surface area contributed by atoms with Gasteiger partial charge >= 0.3 is 0 Å². The highest BCUT2D eigenvalue weighted by Crippen LogP contribution is 2.36. The van der Waals surface area contributed by atoms with E-state index in [1.807, 2.05) is 6.07 Å². The second-order valence-electron chi connectivity index (χ2n) is 6.74. The van der Waals surface area contributed by atoms with Gasteiger partial charge in [-0.2, -0.15) is 0 Å². The molecule has 0 aliphatic carbocycles. The summed E-state index contributed by atoms with van der Waals surface area (Å²) in [6.45, 7) is 0.371. The zero-order valence-corrected chi connectivity index (χ0v) is 17.9. The summed E-state index contributed by atoms with van der Waals surface area (Å²) in [7, 11) is 1.54. The molecule has 5 nitrogen and oxygen atoms in total. The summed E-state index contributed by atoms with van der Waals surface area (Å²) in [5, 5.41) is 14.5. The molecular weight excluding hydrogens is 435 g/mol. The van der Waals surface area contributed by atoms with Crippen LogP contribution in [0, 0.1) is 0 Å². The van der Waals surface area contributed by atoms with E-state index in [9.17, 15) is 14.7 Å². The maximum absolute atomic E-state index is 12.7. The van der Waals surface area contributed by atoms with Crippen molar-refractivity contribution in [2.75, 3.05) is 13.6 Å². The Morgan fingerprint density at radius 1 is 1.14 bits per heavy atom. The highest BCUT2D eigenvalue weighted by atomic mass is 35.5. The van der Waals surface area contributed by atoms with Gasteiger partial charge in [-0.3, -0.25) is 9.59 Å². The molecular formula is C21H19Cl3N2O3. The Bertz CT molecular complexity index is 991. The van der Waals surface area contributed by atoms with Crippen LogP contribution in [0.5, 0.6) is 0 Å². The molecule has 1 heterocycles. The first-order valence-corrected chi connectivity index (χ1v) is 10.1. The summed E-state index contributed by atoms with van der Waals surface area (Å²) in [6, 6.07) is 11.6. The van der Waals surface area contributed by atoms with Crippen molar-refractivity contribution in [1.29, 1.82) is 0 Å². The van der Waals surface area contributed by atoms with Gasteiger partial charge in [-0.1, -0.05) is 53.0 Å². The number of carbonyl (C=O) groups is 2. The molecule has 29 heavy (non-hydrogen) atoms. The topological polar surface area (TPSA) is 69.6 Å². The average Bonchev–Trinajstić information content (AvgIpc) is 2.92. The minimum Gasteiger partial charge on any atom is -0.503 e. The van der Waals surface area contributed by atoms with Gasteiger partial charge in [-0.05, 0) is 48.2 Å². The van der Waals surface area contributed by atoms with Crippen LogP contribution in [0.15, 0.2) is 53.8 Å². The van der Waals surface area contributed by atoms with E-state index >= 15 is 0 Å². The van der Waals surface area contributed by atoms with Crippen LogP contribution in [-0.2, 0) is 16.0 Å². The lowest BCUT2D eigenvalue weighted by atomic mass is 9.99. The number of halogens is 3. The number of likely N-dealkylation sites (N-methyl/N-ethyl adjacent to an activating group) is 1. The molecule has 2 aromatic carbocycles. The van der Waals surface area contributed by atoms with Crippen molar-refractivity contribution >= 4 is 46.6 Å². The third-order valence-electron chi connectivity index (χ3n) is 4.76. The van der Waals surface area contributed by atoms with Gasteiger partial charge in [-0.25, -0.2) is 0 Å². The van der Waals surface area contributed by atoms with Gasteiger partial charge in [0, 0.05) is 18.6 Å². The number of rotatable bonds is 6. The number of aliphatic hydroxyl groups is 1. The standard InChI is InChI=1S/C21H19Cl3N2O3/c1-26-18(13-5-2-6-14(22)11-13)17(19(27)21(26)29)20(28)25-9-3-4-12-7-8-15(23)16(24)10-12/h2,5-8,10-11,18,27H,3-4,9H2,1H3,(H,25,28). The van der Waals surface area contributed by atoms with Gasteiger partial charge in [0.25, 0.3) is 11.8 Å². The number of benzene rings is 2. The lowest BCUT2D eigenvalue weighted by Gasteiger charge is -2.22. The van der Waals surface area contributed by atoms with Gasteiger partial charge in [0.1, 0.15) is 0 Å². The minimum absolute atomic E-state index is 0.0225. The van der Waals surface area contributed by atoms with Crippen LogP contribution >= 0.6 is 34.8 Å². The van der Waals surface area contributed by atoms with Crippen LogP contribution in [0.3, 0.4) is 0 Å². The molecule has 0 fully saturated rings. The first-order chi connectivity index (χ1) is 13.8. The number of nitrogens with zero attached hydrogens (tertiary/aromatic N) is 1. The van der Waals surface area contributed by atoms with Crippen molar-refractivity contribution in [1.82, 2.24) is 10.2 Å². The summed E-state index contributed by atoms with van der Waals surface area (Å²) in [5.74, 6) is -1.63. The lowest BCUT2D eigenvalue weighted by molar-refractivity contribution is -0.128. The van der Waals surface area contributed by atoms with E-state index in [0.717, 1.165) is 5.56 Å². The molecule has 152 valence electrons. The van der Waals surface area contributed by atoms with Crippen molar-refractivity contribution in [3.63, 3.8) is 0 Å². The van der Waals surface area contributed by atoms with E-state index in [4.69, 9.17) is 34.8 Å². The number of hydrogen-bond acceptors (Lipinski definition) is 3. The summed E-state index contributed by atoms with van der Waals surface area (Å²) >= 11 is 18.0. The van der Waals surface area contributed by atoms with Gasteiger partial charge < -0.3 is 15.3 Å². The zero-order chi connectivity index (χ0) is 21.1. The van der Waals surface area contributed by atoms with Crippen molar-refractivity contribution in [3.05, 3.63) is 80.0 Å². The molecule has 1 atom stereocenters. The maximum Gasteiger partial charge on any atom is 0.289 e. The molecule has 0 spiro atoms. The molecule has 0 bridgehead atoms. The normalized spacial score (nSPS) is 16.5. The number of nitrogens with one attached hydrogen (secondary N) is 1. The number of aryl methyl sites for hydroxylation is 1. The molecule has 2 N–H and O–H groups in total. The van der Waals surface area contributed by atoms with E-state index in [0.29, 0.717) is 40.0 Å². The Balaban J connectivity index is 1.67. The Labute approximate surface area is 183 Å². The number of amides is 2. The van der Waals surface area contributed by atoms with E-state index in [-0.39, 0.29) is 5.57 Å². The lowest BCUT2D eigenvalue weighted by Crippen LogP contribution is -2.31. The second-order valence-corrected chi connectivity index (χ2v) is 7.99. The predicted molar refractivity (Wildman–Crippen MR) is 114 cm³/mol. The number of hydrogen-bond donors (Lipinski definition) is 2. The quantitative estimate of drug-likeness (QED) is 0.622. The molecule has 8 heteroatoms. The van der Waals surface area contributed by atoms with Crippen LogP contribution in [0.4, 0.5) is 0 Å². The molecule has 0 saturated heterocycles. The van der Waals surface area contributed by atoms with Crippen LogP contribution in [0.2, 0.25) is 15.1 Å². The van der Waals surface area contributed by atoms with E-state index < -0.39 is 23.6 Å². The molecule has 2 aromatic rings. The molecule has 3 rings (SSSR count). The van der Waals surface area contributed by atoms with Gasteiger partial charge in [0.2, 0.25) is 0 Å². The maximum atomic E-state index is 12.7. The Morgan fingerprint density at radius 2 is 1.90 bits per heavy atom. The molecule has 0 radical (unpaired) electrons. The van der Waals surface area contributed by atoms with Crippen molar-refractivity contribution in [2.45, 2.75) is 18.9 Å². The summed E-state index contributed by atoms with van der Waals surface area (Å²) in [5.41, 5.74) is 1.68. The Hall–Kier alpha value is -2.21. The highest BCUT2D eigenvalue weighted by Gasteiger charge is 2.41. The van der Waals surface area contributed by atoms with Crippen LogP contribution < -0.4 is 5.32 Å². The highest BCUT2D eigenvalue weighted by molar-refractivity contribution is 6.42. The third-order valence-corrected chi connectivity index (χ3v) is 5.73. The predicted octanol–water partition coefficient (Wildman–Crippen LogP) is 4.72. The van der Waals surface area contributed by atoms with Crippen LogP contribution in [-0.4, -0.2) is 35.4 Å². The Morgan fingerprint density at radius 3 is 2.59 bits per heavy atom. The zero-order valence-electron chi connectivity index (χ0n) is 15.6. The average molecular weight is 454 g/mol. The monoisotopic (exact) mass is 452 g/mol. The Kier molecular flexibility index (Phi) is 6.73. The molecule has 2 amide bonds. The van der Waals surface area contributed by atoms with Crippen molar-refractivity contribution < 1.29 is 14.7 Å². The van der Waals surface area contributed by atoms with Crippen molar-refractivity contribution in [3.8, 4) is 0 Å². The van der Waals surface area contributed by atoms with Crippen LogP contribution in [0.25, 0.3) is 0 Å². The summed E-state index contributed by atoms with van der Waals surface area (Å²) in [6.07, 6.45) is 1.35. The number of carbonyl (C=O) groups excluding carboxylic acids is 2. The fraction of sp³-hybridized carbons (Fsp3) is 0.238. The van der Waals surface area contributed by atoms with E-state index in [2.05, 4.69) is 5.32 Å². The van der Waals surface area contributed by atoms with Gasteiger partial charge in [-0.15, -0.1) is 0 Å². The third kappa shape index (κ3) is 4.69. The fourth-order valence-corrected chi connectivity index (χ4v) is 3.83. The van der Waals surface area contributed by atoms with E-state index in [1.165, 1.54) is 11.9 Å². The van der Waals surface area contributed by atoms with Crippen LogP contribution in [0.1, 0.15) is 23.6 Å². The molecule has 0 saturated carbocycles. The molecule has 1 unspecified atom stereocenters. The van der Waals surface area contributed by atoms with Crippen molar-refractivity contribution in [2.24, 2.45) is 0 Å². The SMILES string of the molecule is CN1C(=O)C(O)=C(C(=O)NCCCc2ccc(Cl)c(Cl)c2)C1c1cccc(Cl)c1. The van der Waals surface area contributed by atoms with Gasteiger partial charge in [0.05, 0.1) is 21.7 Å². The summed E-state index contributed by atoms with van der Waals surface area (Å²) in [4.78, 5) is 26.3. The second kappa shape index (κ2) is 9.08. The first-order valence-electron chi connectivity index (χ1n) is 8.97. The summed E-state index contributed by atoms with van der Waals surface area (Å²) < 4.78 is 0. The van der Waals surface area contributed by atoms with E-state index in [1.54, 1.807) is 36.4 Å². The molecule has 0 aromatic heterocycles. The largest absolute Gasteiger partial charge is 0.503 e. The molecule has 1 aliphatic rings. The van der Waals surface area contributed by atoms with Gasteiger partial charge in [0.15, 0.2) is 5.76 Å². The molecule has 1 aliphatic heterocycles. The minimum atomic E-state index is -0.698.